The zero-order valence-electron chi connectivity index (χ0n) is 10.0. The molecule has 0 saturated heterocycles. The van der Waals surface area contributed by atoms with Gasteiger partial charge in [-0.15, -0.1) is 0 Å². The second-order valence-electron chi connectivity index (χ2n) is 4.24. The Balaban J connectivity index is 2.07. The van der Waals surface area contributed by atoms with Crippen LogP contribution in [-0.4, -0.2) is 0 Å². The molecule has 0 saturated carbocycles. The van der Waals surface area contributed by atoms with Crippen molar-refractivity contribution in [1.82, 2.24) is 0 Å². The van der Waals surface area contributed by atoms with Crippen LogP contribution < -0.4 is 4.74 Å². The van der Waals surface area contributed by atoms with Crippen molar-refractivity contribution in [1.29, 1.82) is 0 Å². The summed E-state index contributed by atoms with van der Waals surface area (Å²) in [7, 11) is 0. The minimum atomic E-state index is 0.545. The summed E-state index contributed by atoms with van der Waals surface area (Å²) in [6, 6.07) is 13.9. The number of hydrogen-bond donors (Lipinski definition) is 0. The zero-order chi connectivity index (χ0) is 12.3. The standard InChI is InChI=1S/C15H15ClO/c1-11-6-12(2)8-15(7-11)17-10-13-4-3-5-14(16)9-13/h3-9H,10H2,1-2H3. The van der Waals surface area contributed by atoms with E-state index in [0.29, 0.717) is 6.61 Å². The van der Waals surface area contributed by atoms with Crippen LogP contribution in [-0.2, 0) is 6.61 Å². The third-order valence-corrected chi connectivity index (χ3v) is 2.72. The van der Waals surface area contributed by atoms with Gasteiger partial charge in [-0.1, -0.05) is 29.8 Å². The largest absolute Gasteiger partial charge is 0.489 e. The van der Waals surface area contributed by atoms with E-state index in [0.717, 1.165) is 16.3 Å². The van der Waals surface area contributed by atoms with Gasteiger partial charge in [0.1, 0.15) is 12.4 Å². The number of halogens is 1. The van der Waals surface area contributed by atoms with Crippen LogP contribution in [0.2, 0.25) is 5.02 Å². The molecule has 88 valence electrons. The molecular formula is C15H15ClO. The molecule has 0 N–H and O–H groups in total. The van der Waals surface area contributed by atoms with Gasteiger partial charge < -0.3 is 4.74 Å². The van der Waals surface area contributed by atoms with Gasteiger partial charge in [-0.05, 0) is 54.8 Å². The van der Waals surface area contributed by atoms with Crippen LogP contribution in [0.4, 0.5) is 0 Å². The van der Waals surface area contributed by atoms with Crippen molar-refractivity contribution in [2.45, 2.75) is 20.5 Å². The van der Waals surface area contributed by atoms with E-state index in [1.807, 2.05) is 36.4 Å². The summed E-state index contributed by atoms with van der Waals surface area (Å²) in [6.07, 6.45) is 0. The van der Waals surface area contributed by atoms with Crippen molar-refractivity contribution < 1.29 is 4.74 Å². The Morgan fingerprint density at radius 3 is 2.35 bits per heavy atom. The molecule has 2 aromatic rings. The predicted molar refractivity (Wildman–Crippen MR) is 71.7 cm³/mol. The summed E-state index contributed by atoms with van der Waals surface area (Å²) in [5.41, 5.74) is 3.51. The molecule has 0 aromatic heterocycles. The van der Waals surface area contributed by atoms with Crippen LogP contribution in [0, 0.1) is 13.8 Å². The molecule has 0 atom stereocenters. The third-order valence-electron chi connectivity index (χ3n) is 2.49. The van der Waals surface area contributed by atoms with Gasteiger partial charge >= 0.3 is 0 Å². The molecule has 0 fully saturated rings. The van der Waals surface area contributed by atoms with E-state index < -0.39 is 0 Å². The molecule has 0 unspecified atom stereocenters. The Kier molecular flexibility index (Phi) is 3.70. The predicted octanol–water partition coefficient (Wildman–Crippen LogP) is 4.54. The second-order valence-corrected chi connectivity index (χ2v) is 4.68. The van der Waals surface area contributed by atoms with Gasteiger partial charge in [0.05, 0.1) is 0 Å². The summed E-state index contributed by atoms with van der Waals surface area (Å²) < 4.78 is 5.75. The summed E-state index contributed by atoms with van der Waals surface area (Å²) in [6.45, 7) is 4.68. The summed E-state index contributed by atoms with van der Waals surface area (Å²) in [4.78, 5) is 0. The first-order valence-corrected chi connectivity index (χ1v) is 5.97. The van der Waals surface area contributed by atoms with E-state index in [2.05, 4.69) is 19.9 Å². The maximum Gasteiger partial charge on any atom is 0.120 e. The first-order valence-electron chi connectivity index (χ1n) is 5.59. The van der Waals surface area contributed by atoms with E-state index in [1.165, 1.54) is 11.1 Å². The molecule has 2 rings (SSSR count). The van der Waals surface area contributed by atoms with E-state index in [-0.39, 0.29) is 0 Å². The summed E-state index contributed by atoms with van der Waals surface area (Å²) in [5.74, 6) is 0.905. The lowest BCUT2D eigenvalue weighted by molar-refractivity contribution is 0.306. The highest BCUT2D eigenvalue weighted by molar-refractivity contribution is 6.30. The number of hydrogen-bond acceptors (Lipinski definition) is 1. The third kappa shape index (κ3) is 3.50. The van der Waals surface area contributed by atoms with Crippen LogP contribution in [0.5, 0.6) is 5.75 Å². The van der Waals surface area contributed by atoms with E-state index in [9.17, 15) is 0 Å². The van der Waals surface area contributed by atoms with Gasteiger partial charge in [0.25, 0.3) is 0 Å². The van der Waals surface area contributed by atoms with Crippen molar-refractivity contribution in [3.63, 3.8) is 0 Å². The minimum Gasteiger partial charge on any atom is -0.489 e. The maximum absolute atomic E-state index is 5.92. The maximum atomic E-state index is 5.92. The molecule has 0 amide bonds. The van der Waals surface area contributed by atoms with Gasteiger partial charge in [-0.25, -0.2) is 0 Å². The Labute approximate surface area is 107 Å². The van der Waals surface area contributed by atoms with Gasteiger partial charge in [0.15, 0.2) is 0 Å². The first-order chi connectivity index (χ1) is 8.13. The zero-order valence-corrected chi connectivity index (χ0v) is 10.8. The lowest BCUT2D eigenvalue weighted by atomic mass is 10.1. The van der Waals surface area contributed by atoms with Crippen molar-refractivity contribution in [3.05, 3.63) is 64.2 Å². The first kappa shape index (κ1) is 12.0. The molecular weight excluding hydrogens is 232 g/mol. The average molecular weight is 247 g/mol. The molecule has 1 nitrogen and oxygen atoms in total. The lowest BCUT2D eigenvalue weighted by Gasteiger charge is -2.08. The van der Waals surface area contributed by atoms with Crippen molar-refractivity contribution in [2.75, 3.05) is 0 Å². The van der Waals surface area contributed by atoms with Gasteiger partial charge in [0, 0.05) is 5.02 Å². The van der Waals surface area contributed by atoms with Gasteiger partial charge in [-0.2, -0.15) is 0 Å². The highest BCUT2D eigenvalue weighted by Crippen LogP contribution is 2.18. The van der Waals surface area contributed by atoms with Crippen LogP contribution in [0.25, 0.3) is 0 Å². The molecule has 0 spiro atoms. The van der Waals surface area contributed by atoms with Crippen LogP contribution in [0.1, 0.15) is 16.7 Å². The molecule has 0 bridgehead atoms. The lowest BCUT2D eigenvalue weighted by Crippen LogP contribution is -1.95. The van der Waals surface area contributed by atoms with Crippen molar-refractivity contribution in [2.24, 2.45) is 0 Å². The molecule has 0 aliphatic heterocycles. The number of aryl methyl sites for hydroxylation is 2. The number of ether oxygens (including phenoxy) is 1. The Morgan fingerprint density at radius 2 is 1.71 bits per heavy atom. The van der Waals surface area contributed by atoms with E-state index >= 15 is 0 Å². The number of rotatable bonds is 3. The van der Waals surface area contributed by atoms with E-state index in [4.69, 9.17) is 16.3 Å². The SMILES string of the molecule is Cc1cc(C)cc(OCc2cccc(Cl)c2)c1. The average Bonchev–Trinajstić information content (AvgIpc) is 2.25. The summed E-state index contributed by atoms with van der Waals surface area (Å²) in [5, 5.41) is 0.742. The Bertz CT molecular complexity index is 500. The van der Waals surface area contributed by atoms with Crippen molar-refractivity contribution in [3.8, 4) is 5.75 Å². The fourth-order valence-electron chi connectivity index (χ4n) is 1.81. The van der Waals surface area contributed by atoms with Crippen LogP contribution in [0.3, 0.4) is 0 Å². The Hall–Kier alpha value is -1.47. The highest BCUT2D eigenvalue weighted by Gasteiger charge is 1.99. The van der Waals surface area contributed by atoms with Gasteiger partial charge in [0.2, 0.25) is 0 Å². The van der Waals surface area contributed by atoms with Crippen LogP contribution in [0.15, 0.2) is 42.5 Å². The van der Waals surface area contributed by atoms with Crippen molar-refractivity contribution >= 4 is 11.6 Å². The van der Waals surface area contributed by atoms with Crippen LogP contribution >= 0.6 is 11.6 Å². The molecule has 0 aliphatic rings. The molecule has 0 heterocycles. The minimum absolute atomic E-state index is 0.545. The van der Waals surface area contributed by atoms with Gasteiger partial charge in [-0.3, -0.25) is 0 Å². The normalized spacial score (nSPS) is 10.3. The molecule has 2 aromatic carbocycles. The fraction of sp³-hybridized carbons (Fsp3) is 0.200. The number of benzene rings is 2. The smallest absolute Gasteiger partial charge is 0.120 e. The molecule has 2 heteroatoms. The van der Waals surface area contributed by atoms with E-state index in [1.54, 1.807) is 0 Å². The molecule has 0 radical (unpaired) electrons. The Morgan fingerprint density at radius 1 is 1.00 bits per heavy atom. The molecule has 0 aliphatic carbocycles. The second kappa shape index (κ2) is 5.24. The molecule has 17 heavy (non-hydrogen) atoms. The topological polar surface area (TPSA) is 9.23 Å². The summed E-state index contributed by atoms with van der Waals surface area (Å²) >= 11 is 5.92. The monoisotopic (exact) mass is 246 g/mol. The fourth-order valence-corrected chi connectivity index (χ4v) is 2.02. The highest BCUT2D eigenvalue weighted by atomic mass is 35.5. The quantitative estimate of drug-likeness (QED) is 0.773.